The Kier molecular flexibility index (Phi) is 9.96. The number of aryl methyl sites for hydroxylation is 2. The molecule has 5 heteroatoms. The van der Waals surface area contributed by atoms with Crippen molar-refractivity contribution in [2.75, 3.05) is 0 Å². The number of hydrogen-bond acceptors (Lipinski definition) is 3. The fraction of sp³-hybridized carbons (Fsp3) is 0.0426. The van der Waals surface area contributed by atoms with Crippen LogP contribution in [-0.4, -0.2) is 15.0 Å². The zero-order valence-corrected chi connectivity index (χ0v) is 31.4. The molecule has 0 fully saturated rings. The SMILES string of the molecule is Brc1ccc(Br)c(CCc2ccc(-c3ccccc3)cc2-c2nc(-c3cccc(-c4ccccc4)c3)nc(-c3cccc(-c4ccccc4)c3)n2)c1. The minimum absolute atomic E-state index is 0.633. The molecule has 3 nitrogen and oxygen atoms in total. The molecular weight excluding hydrogens is 766 g/mol. The molecule has 0 amide bonds. The summed E-state index contributed by atoms with van der Waals surface area (Å²) in [6, 6.07) is 61.3. The predicted octanol–water partition coefficient (Wildman–Crippen LogP) is 13.2. The maximum absolute atomic E-state index is 5.26. The number of hydrogen-bond donors (Lipinski definition) is 0. The highest BCUT2D eigenvalue weighted by atomic mass is 79.9. The molecule has 1 heterocycles. The van der Waals surface area contributed by atoms with Crippen LogP contribution in [0.4, 0.5) is 0 Å². The van der Waals surface area contributed by atoms with Crippen LogP contribution in [0.3, 0.4) is 0 Å². The fourth-order valence-electron chi connectivity index (χ4n) is 6.51. The van der Waals surface area contributed by atoms with Crippen LogP contribution in [0.1, 0.15) is 11.1 Å². The summed E-state index contributed by atoms with van der Waals surface area (Å²) in [6.07, 6.45) is 1.66. The average Bonchev–Trinajstić information content (AvgIpc) is 3.22. The normalized spacial score (nSPS) is 11.0. The van der Waals surface area contributed by atoms with Crippen LogP contribution in [0.2, 0.25) is 0 Å². The summed E-state index contributed by atoms with van der Waals surface area (Å²) in [5.41, 5.74) is 12.0. The molecule has 0 unspecified atom stereocenters. The summed E-state index contributed by atoms with van der Waals surface area (Å²) in [4.78, 5) is 15.7. The first-order chi connectivity index (χ1) is 25.6. The lowest BCUT2D eigenvalue weighted by atomic mass is 9.94. The molecule has 0 bridgehead atoms. The van der Waals surface area contributed by atoms with Crippen molar-refractivity contribution < 1.29 is 0 Å². The largest absolute Gasteiger partial charge is 0.208 e. The molecule has 8 rings (SSSR count). The maximum Gasteiger partial charge on any atom is 0.164 e. The zero-order valence-electron chi connectivity index (χ0n) is 28.3. The van der Waals surface area contributed by atoms with Crippen LogP contribution in [0.5, 0.6) is 0 Å². The summed E-state index contributed by atoms with van der Waals surface area (Å²) in [7, 11) is 0. The third kappa shape index (κ3) is 7.57. The van der Waals surface area contributed by atoms with Crippen molar-refractivity contribution >= 4 is 31.9 Å². The second-order valence-corrected chi connectivity index (χ2v) is 14.4. The minimum Gasteiger partial charge on any atom is -0.208 e. The lowest BCUT2D eigenvalue weighted by molar-refractivity contribution is 0.950. The van der Waals surface area contributed by atoms with Crippen LogP contribution in [0, 0.1) is 0 Å². The van der Waals surface area contributed by atoms with Crippen LogP contribution >= 0.6 is 31.9 Å². The minimum atomic E-state index is 0.633. The fourth-order valence-corrected chi connectivity index (χ4v) is 7.36. The van der Waals surface area contributed by atoms with E-state index < -0.39 is 0 Å². The summed E-state index contributed by atoms with van der Waals surface area (Å²) >= 11 is 7.43. The van der Waals surface area contributed by atoms with Gasteiger partial charge in [-0.1, -0.05) is 171 Å². The maximum atomic E-state index is 5.26. The molecule has 0 aliphatic carbocycles. The quantitative estimate of drug-likeness (QED) is 0.146. The molecule has 0 N–H and O–H groups in total. The Balaban J connectivity index is 1.30. The van der Waals surface area contributed by atoms with E-state index >= 15 is 0 Å². The highest BCUT2D eigenvalue weighted by molar-refractivity contribution is 9.11. The molecule has 0 atom stereocenters. The van der Waals surface area contributed by atoms with E-state index in [0.717, 1.165) is 71.9 Å². The Morgan fingerprint density at radius 2 is 0.769 bits per heavy atom. The summed E-state index contributed by atoms with van der Waals surface area (Å²) in [6.45, 7) is 0. The van der Waals surface area contributed by atoms with E-state index in [1.165, 1.54) is 11.1 Å². The van der Waals surface area contributed by atoms with Gasteiger partial charge in [-0.2, -0.15) is 0 Å². The zero-order chi connectivity index (χ0) is 35.3. The average molecular weight is 800 g/mol. The van der Waals surface area contributed by atoms with Crippen LogP contribution in [0.15, 0.2) is 185 Å². The van der Waals surface area contributed by atoms with Gasteiger partial charge in [0, 0.05) is 25.6 Å². The molecule has 8 aromatic rings. The van der Waals surface area contributed by atoms with Gasteiger partial charge in [-0.05, 0) is 93.7 Å². The Labute approximate surface area is 321 Å². The van der Waals surface area contributed by atoms with E-state index in [4.69, 9.17) is 15.0 Å². The molecule has 7 aromatic carbocycles. The third-order valence-electron chi connectivity index (χ3n) is 9.22. The van der Waals surface area contributed by atoms with E-state index in [1.807, 2.05) is 18.2 Å². The number of nitrogens with zero attached hydrogens (tertiary/aromatic N) is 3. The van der Waals surface area contributed by atoms with Gasteiger partial charge in [-0.15, -0.1) is 0 Å². The molecule has 0 aliphatic rings. The third-order valence-corrected chi connectivity index (χ3v) is 10.5. The van der Waals surface area contributed by atoms with Gasteiger partial charge in [0.25, 0.3) is 0 Å². The smallest absolute Gasteiger partial charge is 0.164 e. The lowest BCUT2D eigenvalue weighted by Gasteiger charge is -2.15. The molecule has 0 saturated carbocycles. The van der Waals surface area contributed by atoms with Gasteiger partial charge in [0.05, 0.1) is 0 Å². The molecule has 1 aromatic heterocycles. The molecule has 0 spiro atoms. The number of rotatable bonds is 9. The van der Waals surface area contributed by atoms with E-state index in [2.05, 4.69) is 190 Å². The van der Waals surface area contributed by atoms with E-state index in [0.29, 0.717) is 17.5 Å². The monoisotopic (exact) mass is 797 g/mol. The van der Waals surface area contributed by atoms with E-state index in [-0.39, 0.29) is 0 Å². The predicted molar refractivity (Wildman–Crippen MR) is 222 cm³/mol. The van der Waals surface area contributed by atoms with Gasteiger partial charge in [0.15, 0.2) is 17.5 Å². The summed E-state index contributed by atoms with van der Waals surface area (Å²) < 4.78 is 2.16. The first-order valence-corrected chi connectivity index (χ1v) is 18.9. The Bertz CT molecular complexity index is 2380. The van der Waals surface area contributed by atoms with Crippen LogP contribution in [-0.2, 0) is 12.8 Å². The Morgan fingerprint density at radius 1 is 0.327 bits per heavy atom. The molecule has 250 valence electrons. The summed E-state index contributed by atoms with van der Waals surface area (Å²) in [5, 5.41) is 0. The van der Waals surface area contributed by atoms with Crippen LogP contribution < -0.4 is 0 Å². The van der Waals surface area contributed by atoms with Crippen molar-refractivity contribution in [2.45, 2.75) is 12.8 Å². The highest BCUT2D eigenvalue weighted by Gasteiger charge is 2.17. The Morgan fingerprint density at radius 3 is 1.31 bits per heavy atom. The molecule has 0 radical (unpaired) electrons. The molecular formula is C47H33Br2N3. The number of benzene rings is 7. The summed E-state index contributed by atoms with van der Waals surface area (Å²) in [5.74, 6) is 1.92. The first-order valence-electron chi connectivity index (χ1n) is 17.3. The van der Waals surface area contributed by atoms with Gasteiger partial charge < -0.3 is 0 Å². The number of halogens is 2. The Hall–Kier alpha value is -5.49. The highest BCUT2D eigenvalue weighted by Crippen LogP contribution is 2.34. The van der Waals surface area contributed by atoms with Crippen molar-refractivity contribution in [3.05, 3.63) is 196 Å². The van der Waals surface area contributed by atoms with E-state index in [9.17, 15) is 0 Å². The van der Waals surface area contributed by atoms with Gasteiger partial charge in [0.2, 0.25) is 0 Å². The standard InChI is InChI=1S/C47H33Br2N3/c48-42-26-27-44(49)39(30-42)25-23-35-22-24-38(34-16-8-3-9-17-34)31-43(35)47-51-45(40-20-10-18-36(28-40)32-12-4-1-5-13-32)50-46(52-47)41-21-11-19-37(29-41)33-14-6-2-7-15-33/h1-22,24,26-31H,23,25H2. The van der Waals surface area contributed by atoms with E-state index in [1.54, 1.807) is 0 Å². The van der Waals surface area contributed by atoms with Gasteiger partial charge in [-0.25, -0.2) is 15.0 Å². The van der Waals surface area contributed by atoms with Crippen molar-refractivity contribution in [3.8, 4) is 67.5 Å². The lowest BCUT2D eigenvalue weighted by Crippen LogP contribution is -2.03. The molecule has 0 aliphatic heterocycles. The topological polar surface area (TPSA) is 38.7 Å². The van der Waals surface area contributed by atoms with Crippen molar-refractivity contribution in [2.24, 2.45) is 0 Å². The second-order valence-electron chi connectivity index (χ2n) is 12.7. The van der Waals surface area contributed by atoms with Crippen molar-refractivity contribution in [1.82, 2.24) is 15.0 Å². The van der Waals surface area contributed by atoms with Gasteiger partial charge >= 0.3 is 0 Å². The molecule has 52 heavy (non-hydrogen) atoms. The van der Waals surface area contributed by atoms with Crippen molar-refractivity contribution in [3.63, 3.8) is 0 Å². The first kappa shape index (κ1) is 33.6. The van der Waals surface area contributed by atoms with Crippen LogP contribution in [0.25, 0.3) is 67.5 Å². The second kappa shape index (κ2) is 15.4. The van der Waals surface area contributed by atoms with Gasteiger partial charge in [0.1, 0.15) is 0 Å². The molecule has 0 saturated heterocycles. The van der Waals surface area contributed by atoms with Gasteiger partial charge in [-0.3, -0.25) is 0 Å². The number of aromatic nitrogens is 3. The van der Waals surface area contributed by atoms with Crippen molar-refractivity contribution in [1.29, 1.82) is 0 Å².